The van der Waals surface area contributed by atoms with Gasteiger partial charge >= 0.3 is 5.63 Å². The monoisotopic (exact) mass is 269 g/mol. The van der Waals surface area contributed by atoms with Crippen molar-refractivity contribution in [1.29, 1.82) is 0 Å². The zero-order valence-electron chi connectivity index (χ0n) is 12.1. The van der Waals surface area contributed by atoms with Crippen molar-refractivity contribution in [2.75, 3.05) is 18.0 Å². The highest BCUT2D eigenvalue weighted by Crippen LogP contribution is 2.40. The summed E-state index contributed by atoms with van der Waals surface area (Å²) >= 11 is 0. The molecule has 0 fully saturated rings. The first-order chi connectivity index (χ1) is 9.66. The first-order valence-electron chi connectivity index (χ1n) is 7.50. The highest BCUT2D eigenvalue weighted by Gasteiger charge is 2.27. The van der Waals surface area contributed by atoms with Crippen LogP contribution in [-0.2, 0) is 12.8 Å². The van der Waals surface area contributed by atoms with Crippen LogP contribution >= 0.6 is 0 Å². The molecule has 2 aliphatic rings. The Balaban J connectivity index is 2.16. The predicted molar refractivity (Wildman–Crippen MR) is 80.8 cm³/mol. The number of hydrogen-bond donors (Lipinski definition) is 0. The van der Waals surface area contributed by atoms with E-state index in [1.165, 1.54) is 23.2 Å². The van der Waals surface area contributed by atoms with Gasteiger partial charge in [-0.05, 0) is 56.7 Å². The summed E-state index contributed by atoms with van der Waals surface area (Å²) in [5.74, 6) is 0. The van der Waals surface area contributed by atoms with Crippen molar-refractivity contribution in [3.05, 3.63) is 38.7 Å². The van der Waals surface area contributed by atoms with E-state index in [4.69, 9.17) is 4.42 Å². The number of aryl methyl sites for hydroxylation is 3. The summed E-state index contributed by atoms with van der Waals surface area (Å²) in [6, 6.07) is 2.26. The summed E-state index contributed by atoms with van der Waals surface area (Å²) in [6.45, 7) is 6.18. The SMILES string of the molecule is Cc1c(C)c2cc3c4c(c2oc1=O)CCCN4CCC3. The van der Waals surface area contributed by atoms with Gasteiger partial charge in [0, 0.05) is 35.3 Å². The molecule has 0 radical (unpaired) electrons. The van der Waals surface area contributed by atoms with Gasteiger partial charge < -0.3 is 9.32 Å². The fourth-order valence-electron chi connectivity index (χ4n) is 3.75. The van der Waals surface area contributed by atoms with Crippen LogP contribution < -0.4 is 10.5 Å². The van der Waals surface area contributed by atoms with Crippen molar-refractivity contribution >= 4 is 16.7 Å². The lowest BCUT2D eigenvalue weighted by Crippen LogP contribution is -2.34. The molecule has 4 rings (SSSR count). The van der Waals surface area contributed by atoms with Crippen molar-refractivity contribution in [2.24, 2.45) is 0 Å². The first kappa shape index (κ1) is 12.0. The van der Waals surface area contributed by atoms with Crippen molar-refractivity contribution < 1.29 is 4.42 Å². The van der Waals surface area contributed by atoms with Crippen molar-refractivity contribution in [2.45, 2.75) is 39.5 Å². The maximum atomic E-state index is 12.0. The summed E-state index contributed by atoms with van der Waals surface area (Å²) < 4.78 is 5.66. The van der Waals surface area contributed by atoms with Crippen LogP contribution in [0.25, 0.3) is 11.0 Å². The average molecular weight is 269 g/mol. The van der Waals surface area contributed by atoms with Crippen LogP contribution in [0.1, 0.15) is 35.1 Å². The van der Waals surface area contributed by atoms with Gasteiger partial charge in [-0.15, -0.1) is 0 Å². The minimum Gasteiger partial charge on any atom is -0.422 e. The molecule has 1 aromatic carbocycles. The number of anilines is 1. The van der Waals surface area contributed by atoms with Crippen LogP contribution in [0.2, 0.25) is 0 Å². The molecule has 0 unspecified atom stereocenters. The van der Waals surface area contributed by atoms with E-state index >= 15 is 0 Å². The Kier molecular flexibility index (Phi) is 2.47. The van der Waals surface area contributed by atoms with Crippen molar-refractivity contribution in [1.82, 2.24) is 0 Å². The van der Waals surface area contributed by atoms with Crippen LogP contribution in [-0.4, -0.2) is 13.1 Å². The smallest absolute Gasteiger partial charge is 0.339 e. The lowest BCUT2D eigenvalue weighted by molar-refractivity contribution is 0.543. The lowest BCUT2D eigenvalue weighted by atomic mass is 9.89. The molecule has 0 saturated carbocycles. The predicted octanol–water partition coefficient (Wildman–Crippen LogP) is 3.11. The second-order valence-corrected chi connectivity index (χ2v) is 6.07. The Hall–Kier alpha value is -1.77. The molecule has 20 heavy (non-hydrogen) atoms. The molecule has 0 spiro atoms. The molecular formula is C17H19NO2. The fraction of sp³-hybridized carbons (Fsp3) is 0.471. The van der Waals surface area contributed by atoms with E-state index in [2.05, 4.69) is 11.0 Å². The molecule has 3 heterocycles. The molecule has 3 heteroatoms. The van der Waals surface area contributed by atoms with Crippen LogP contribution in [0.4, 0.5) is 5.69 Å². The lowest BCUT2D eigenvalue weighted by Gasteiger charge is -2.37. The van der Waals surface area contributed by atoms with Crippen molar-refractivity contribution in [3.63, 3.8) is 0 Å². The van der Waals surface area contributed by atoms with Crippen molar-refractivity contribution in [3.8, 4) is 0 Å². The Morgan fingerprint density at radius 3 is 2.65 bits per heavy atom. The molecule has 0 amide bonds. The molecule has 0 bridgehead atoms. The number of rotatable bonds is 0. The van der Waals surface area contributed by atoms with E-state index < -0.39 is 0 Å². The standard InChI is InChI=1S/C17H19NO2/c1-10-11(2)17(19)20-16-13-6-4-8-18-7-3-5-12(15(13)18)9-14(10)16/h9H,3-8H2,1-2H3. The van der Waals surface area contributed by atoms with E-state index in [9.17, 15) is 4.79 Å². The van der Waals surface area contributed by atoms with Gasteiger partial charge in [0.2, 0.25) is 0 Å². The van der Waals surface area contributed by atoms with Gasteiger partial charge in [-0.2, -0.15) is 0 Å². The van der Waals surface area contributed by atoms with Gasteiger partial charge in [-0.1, -0.05) is 0 Å². The minimum absolute atomic E-state index is 0.181. The molecule has 0 N–H and O–H groups in total. The largest absolute Gasteiger partial charge is 0.422 e. The van der Waals surface area contributed by atoms with E-state index in [0.29, 0.717) is 0 Å². The average Bonchev–Trinajstić information content (AvgIpc) is 2.47. The van der Waals surface area contributed by atoms with Gasteiger partial charge in [0.15, 0.2) is 0 Å². The molecule has 2 aliphatic heterocycles. The number of nitrogens with zero attached hydrogens (tertiary/aromatic N) is 1. The van der Waals surface area contributed by atoms with Gasteiger partial charge in [0.1, 0.15) is 5.58 Å². The van der Waals surface area contributed by atoms with Crippen LogP contribution in [0.3, 0.4) is 0 Å². The second kappa shape index (κ2) is 4.11. The third-order valence-corrected chi connectivity index (χ3v) is 4.94. The second-order valence-electron chi connectivity index (χ2n) is 6.07. The fourth-order valence-corrected chi connectivity index (χ4v) is 3.75. The topological polar surface area (TPSA) is 33.5 Å². The Bertz CT molecular complexity index is 771. The molecule has 0 atom stereocenters. The molecule has 0 aliphatic carbocycles. The number of benzene rings is 1. The summed E-state index contributed by atoms with van der Waals surface area (Å²) in [7, 11) is 0. The Morgan fingerprint density at radius 2 is 1.85 bits per heavy atom. The first-order valence-corrected chi connectivity index (χ1v) is 7.50. The molecule has 2 aromatic rings. The summed E-state index contributed by atoms with van der Waals surface area (Å²) in [4.78, 5) is 14.5. The highest BCUT2D eigenvalue weighted by atomic mass is 16.4. The molecule has 104 valence electrons. The Morgan fingerprint density at radius 1 is 1.10 bits per heavy atom. The van der Waals surface area contributed by atoms with Crippen LogP contribution in [0, 0.1) is 13.8 Å². The molecule has 0 saturated heterocycles. The normalized spacial score (nSPS) is 17.4. The van der Waals surface area contributed by atoms with E-state index in [0.717, 1.165) is 54.4 Å². The third kappa shape index (κ3) is 1.49. The summed E-state index contributed by atoms with van der Waals surface area (Å²) in [6.07, 6.45) is 4.56. The van der Waals surface area contributed by atoms with Gasteiger partial charge in [-0.25, -0.2) is 4.79 Å². The van der Waals surface area contributed by atoms with E-state index in [-0.39, 0.29) is 5.63 Å². The quantitative estimate of drug-likeness (QED) is 0.689. The minimum atomic E-state index is -0.181. The maximum absolute atomic E-state index is 12.0. The molecule has 1 aromatic heterocycles. The highest BCUT2D eigenvalue weighted by molar-refractivity contribution is 5.91. The summed E-state index contributed by atoms with van der Waals surface area (Å²) in [5.41, 5.74) is 6.55. The zero-order valence-corrected chi connectivity index (χ0v) is 12.1. The maximum Gasteiger partial charge on any atom is 0.339 e. The Labute approximate surface area is 118 Å². The van der Waals surface area contributed by atoms with Gasteiger partial charge in [-0.3, -0.25) is 0 Å². The van der Waals surface area contributed by atoms with Crippen LogP contribution in [0.15, 0.2) is 15.3 Å². The van der Waals surface area contributed by atoms with Crippen LogP contribution in [0.5, 0.6) is 0 Å². The number of fused-ring (bicyclic) bond motifs is 2. The molecule has 3 nitrogen and oxygen atoms in total. The summed E-state index contributed by atoms with van der Waals surface area (Å²) in [5, 5.41) is 1.14. The van der Waals surface area contributed by atoms with E-state index in [1.54, 1.807) is 0 Å². The van der Waals surface area contributed by atoms with Gasteiger partial charge in [0.25, 0.3) is 0 Å². The number of hydrogen-bond acceptors (Lipinski definition) is 3. The molecular weight excluding hydrogens is 250 g/mol. The third-order valence-electron chi connectivity index (χ3n) is 4.94. The van der Waals surface area contributed by atoms with Gasteiger partial charge in [0.05, 0.1) is 0 Å². The van der Waals surface area contributed by atoms with E-state index in [1.807, 2.05) is 13.8 Å². The zero-order chi connectivity index (χ0) is 13.9.